The number of hydrogen-bond donors (Lipinski definition) is 1. The van der Waals surface area contributed by atoms with Crippen molar-refractivity contribution in [3.63, 3.8) is 0 Å². The molecule has 1 aliphatic heterocycles. The average molecular weight is 479 g/mol. The van der Waals surface area contributed by atoms with Gasteiger partial charge in [0, 0.05) is 30.5 Å². The summed E-state index contributed by atoms with van der Waals surface area (Å²) in [6.07, 6.45) is 4.07. The van der Waals surface area contributed by atoms with Crippen LogP contribution in [-0.4, -0.2) is 39.4 Å². The van der Waals surface area contributed by atoms with E-state index in [4.69, 9.17) is 23.8 Å². The fourth-order valence-corrected chi connectivity index (χ4v) is 4.29. The van der Waals surface area contributed by atoms with Crippen molar-refractivity contribution in [1.82, 2.24) is 15.2 Å². The highest BCUT2D eigenvalue weighted by Gasteiger charge is 2.43. The summed E-state index contributed by atoms with van der Waals surface area (Å²) >= 11 is 11.7. The first-order chi connectivity index (χ1) is 16.0. The molecule has 0 saturated carbocycles. The Hall–Kier alpha value is -3.29. The Morgan fingerprint density at radius 1 is 1.03 bits per heavy atom. The lowest BCUT2D eigenvalue weighted by molar-refractivity contribution is -0.127. The number of benzene rings is 2. The topological polar surface area (TPSA) is 65.5 Å². The lowest BCUT2D eigenvalue weighted by Gasteiger charge is -2.24. The van der Waals surface area contributed by atoms with Crippen molar-refractivity contribution < 1.29 is 9.59 Å². The van der Waals surface area contributed by atoms with Crippen LogP contribution in [0.1, 0.15) is 17.5 Å². The number of carbonyl (C=O) groups excluding carboxylic acids is 2. The minimum Gasteiger partial charge on any atom is -0.352 e. The van der Waals surface area contributed by atoms with E-state index in [1.165, 1.54) is 4.90 Å². The van der Waals surface area contributed by atoms with E-state index in [0.29, 0.717) is 35.3 Å². The van der Waals surface area contributed by atoms with Gasteiger partial charge in [0.05, 0.1) is 12.1 Å². The van der Waals surface area contributed by atoms with Gasteiger partial charge in [-0.3, -0.25) is 19.5 Å². The van der Waals surface area contributed by atoms with Crippen LogP contribution in [0.4, 0.5) is 5.69 Å². The number of thiocarbonyl (C=S) groups is 1. The Balaban J connectivity index is 1.50. The van der Waals surface area contributed by atoms with Crippen molar-refractivity contribution in [2.45, 2.75) is 25.4 Å². The van der Waals surface area contributed by atoms with Gasteiger partial charge in [0.1, 0.15) is 6.04 Å². The molecule has 1 atom stereocenters. The maximum Gasteiger partial charge on any atom is 0.256 e. The van der Waals surface area contributed by atoms with Gasteiger partial charge in [0.25, 0.3) is 5.91 Å². The molecule has 0 radical (unpaired) electrons. The quantitative estimate of drug-likeness (QED) is 0.496. The number of halogens is 1. The predicted octanol–water partition coefficient (Wildman–Crippen LogP) is 3.99. The number of carbonyl (C=O) groups is 2. The van der Waals surface area contributed by atoms with Gasteiger partial charge >= 0.3 is 0 Å². The number of nitrogens with one attached hydrogen (secondary N) is 1. The monoisotopic (exact) mass is 478 g/mol. The Morgan fingerprint density at radius 3 is 2.48 bits per heavy atom. The van der Waals surface area contributed by atoms with E-state index < -0.39 is 6.04 Å². The SMILES string of the molecule is O=C(CC1C(=O)N(c2ccccc2)C(=S)N1CCc1ccc(Cl)cc1)NCc1cccnc1. The van der Waals surface area contributed by atoms with Gasteiger partial charge in [-0.05, 0) is 60.1 Å². The molecule has 8 heteroatoms. The lowest BCUT2D eigenvalue weighted by atomic mass is 10.1. The summed E-state index contributed by atoms with van der Waals surface area (Å²) in [5.74, 6) is -0.412. The fourth-order valence-electron chi connectivity index (χ4n) is 3.75. The molecule has 2 heterocycles. The van der Waals surface area contributed by atoms with E-state index in [-0.39, 0.29) is 18.2 Å². The maximum atomic E-state index is 13.4. The van der Waals surface area contributed by atoms with Gasteiger partial charge in [0.15, 0.2) is 5.11 Å². The Bertz CT molecular complexity index is 1130. The number of nitrogens with zero attached hydrogens (tertiary/aromatic N) is 3. The molecular weight excluding hydrogens is 456 g/mol. The molecule has 2 aromatic carbocycles. The number of anilines is 1. The van der Waals surface area contributed by atoms with Gasteiger partial charge < -0.3 is 10.2 Å². The summed E-state index contributed by atoms with van der Waals surface area (Å²) in [6.45, 7) is 0.862. The summed E-state index contributed by atoms with van der Waals surface area (Å²) in [7, 11) is 0. The molecule has 1 fully saturated rings. The first-order valence-electron chi connectivity index (χ1n) is 10.6. The number of para-hydroxylation sites is 1. The van der Waals surface area contributed by atoms with Crippen LogP contribution in [0.3, 0.4) is 0 Å². The molecule has 168 valence electrons. The second-order valence-corrected chi connectivity index (χ2v) is 8.52. The van der Waals surface area contributed by atoms with Crippen LogP contribution in [0.25, 0.3) is 0 Å². The Morgan fingerprint density at radius 2 is 1.79 bits per heavy atom. The van der Waals surface area contributed by atoms with Gasteiger partial charge in [0.2, 0.25) is 5.91 Å². The highest BCUT2D eigenvalue weighted by molar-refractivity contribution is 7.80. The van der Waals surface area contributed by atoms with Crippen molar-refractivity contribution in [3.05, 3.63) is 95.3 Å². The molecule has 2 amide bonds. The molecule has 4 rings (SSSR count). The van der Waals surface area contributed by atoms with Crippen molar-refractivity contribution in [1.29, 1.82) is 0 Å². The van der Waals surface area contributed by atoms with E-state index >= 15 is 0 Å². The zero-order valence-electron chi connectivity index (χ0n) is 17.9. The molecule has 0 bridgehead atoms. The Kier molecular flexibility index (Phi) is 7.32. The Labute approximate surface area is 203 Å². The van der Waals surface area contributed by atoms with Crippen molar-refractivity contribution in [2.24, 2.45) is 0 Å². The third kappa shape index (κ3) is 5.56. The van der Waals surface area contributed by atoms with Crippen LogP contribution < -0.4 is 10.2 Å². The fraction of sp³-hybridized carbons (Fsp3) is 0.200. The lowest BCUT2D eigenvalue weighted by Crippen LogP contribution is -2.40. The molecule has 1 N–H and O–H groups in total. The van der Waals surface area contributed by atoms with E-state index in [1.54, 1.807) is 12.4 Å². The molecular formula is C25H23ClN4O2S. The normalized spacial score (nSPS) is 15.7. The first-order valence-corrected chi connectivity index (χ1v) is 11.4. The molecule has 1 unspecified atom stereocenters. The van der Waals surface area contributed by atoms with E-state index in [1.807, 2.05) is 71.6 Å². The molecule has 1 saturated heterocycles. The van der Waals surface area contributed by atoms with Gasteiger partial charge in [-0.15, -0.1) is 0 Å². The number of aromatic nitrogens is 1. The van der Waals surface area contributed by atoms with E-state index in [2.05, 4.69) is 10.3 Å². The summed E-state index contributed by atoms with van der Waals surface area (Å²) in [6, 6.07) is 19.9. The summed E-state index contributed by atoms with van der Waals surface area (Å²) < 4.78 is 0. The highest BCUT2D eigenvalue weighted by atomic mass is 35.5. The smallest absolute Gasteiger partial charge is 0.256 e. The third-order valence-electron chi connectivity index (χ3n) is 5.48. The summed E-state index contributed by atoms with van der Waals surface area (Å²) in [4.78, 5) is 33.6. The molecule has 3 aromatic rings. The standard InChI is InChI=1S/C25H23ClN4O2S/c26-20-10-8-18(9-11-20)12-14-29-22(15-23(31)28-17-19-5-4-13-27-16-19)24(32)30(25(29)33)21-6-2-1-3-7-21/h1-11,13,16,22H,12,14-15,17H2,(H,28,31). The highest BCUT2D eigenvalue weighted by Crippen LogP contribution is 2.27. The summed E-state index contributed by atoms with van der Waals surface area (Å²) in [5, 5.41) is 3.96. The minimum absolute atomic E-state index is 0.0171. The maximum absolute atomic E-state index is 13.4. The van der Waals surface area contributed by atoms with Crippen LogP contribution in [0.2, 0.25) is 5.02 Å². The van der Waals surface area contributed by atoms with E-state index in [9.17, 15) is 9.59 Å². The van der Waals surface area contributed by atoms with Gasteiger partial charge in [-0.2, -0.15) is 0 Å². The summed E-state index contributed by atoms with van der Waals surface area (Å²) in [5.41, 5.74) is 2.67. The zero-order valence-corrected chi connectivity index (χ0v) is 19.4. The van der Waals surface area contributed by atoms with Gasteiger partial charge in [-0.1, -0.05) is 48.0 Å². The molecule has 6 nitrogen and oxygen atoms in total. The van der Waals surface area contributed by atoms with Crippen molar-refractivity contribution in [2.75, 3.05) is 11.4 Å². The second-order valence-electron chi connectivity index (χ2n) is 7.72. The number of hydrogen-bond acceptors (Lipinski definition) is 4. The van der Waals surface area contributed by atoms with Crippen molar-refractivity contribution in [3.8, 4) is 0 Å². The third-order valence-corrected chi connectivity index (χ3v) is 6.15. The largest absolute Gasteiger partial charge is 0.352 e. The second kappa shape index (κ2) is 10.6. The molecule has 0 aliphatic carbocycles. The molecule has 33 heavy (non-hydrogen) atoms. The number of rotatable bonds is 8. The van der Waals surface area contributed by atoms with Crippen LogP contribution in [0, 0.1) is 0 Å². The number of pyridine rings is 1. The molecule has 0 spiro atoms. The van der Waals surface area contributed by atoms with Crippen molar-refractivity contribution >= 4 is 46.4 Å². The van der Waals surface area contributed by atoms with Crippen LogP contribution in [-0.2, 0) is 22.6 Å². The predicted molar refractivity (Wildman–Crippen MR) is 133 cm³/mol. The van der Waals surface area contributed by atoms with E-state index in [0.717, 1.165) is 11.1 Å². The van der Waals surface area contributed by atoms with Crippen LogP contribution in [0.15, 0.2) is 79.1 Å². The van der Waals surface area contributed by atoms with Crippen LogP contribution in [0.5, 0.6) is 0 Å². The first kappa shape index (κ1) is 22.9. The van der Waals surface area contributed by atoms with Crippen LogP contribution >= 0.6 is 23.8 Å². The zero-order chi connectivity index (χ0) is 23.2. The molecule has 1 aromatic heterocycles. The minimum atomic E-state index is -0.668. The van der Waals surface area contributed by atoms with Gasteiger partial charge in [-0.25, -0.2) is 0 Å². The number of amides is 2. The average Bonchev–Trinajstić information content (AvgIpc) is 3.07. The molecule has 1 aliphatic rings.